The van der Waals surface area contributed by atoms with E-state index in [1.54, 1.807) is 16.3 Å². The lowest BCUT2D eigenvalue weighted by Gasteiger charge is -2.23. The highest BCUT2D eigenvalue weighted by molar-refractivity contribution is 7.99. The molecule has 0 bridgehead atoms. The topological polar surface area (TPSA) is 62.7 Å². The molecule has 1 atom stereocenters. The number of hydrogen-bond acceptors (Lipinski definition) is 4. The fourth-order valence-electron chi connectivity index (χ4n) is 3.00. The van der Waals surface area contributed by atoms with Crippen molar-refractivity contribution >= 4 is 11.8 Å². The number of aromatic nitrogens is 3. The van der Waals surface area contributed by atoms with Gasteiger partial charge < -0.3 is 5.32 Å². The molecule has 0 amide bonds. The Balaban J connectivity index is 2.00. The second kappa shape index (κ2) is 7.31. The Morgan fingerprint density at radius 2 is 2.15 bits per heavy atom. The van der Waals surface area contributed by atoms with Crippen LogP contribution in [0, 0.1) is 5.92 Å². The lowest BCUT2D eigenvalue weighted by Crippen LogP contribution is -2.37. The van der Waals surface area contributed by atoms with Gasteiger partial charge in [0.25, 0.3) is 0 Å². The zero-order valence-electron chi connectivity index (χ0n) is 12.7. The molecule has 1 unspecified atom stereocenters. The van der Waals surface area contributed by atoms with Crippen LogP contribution in [-0.2, 0) is 0 Å². The van der Waals surface area contributed by atoms with Gasteiger partial charge in [-0.2, -0.15) is 0 Å². The number of thioether (sulfide) groups is 1. The summed E-state index contributed by atoms with van der Waals surface area (Å²) in [6.45, 7) is 7.18. The highest BCUT2D eigenvalue weighted by Gasteiger charge is 2.25. The van der Waals surface area contributed by atoms with Crippen LogP contribution in [0.2, 0.25) is 0 Å². The predicted molar refractivity (Wildman–Crippen MR) is 83.4 cm³/mol. The second-order valence-electron chi connectivity index (χ2n) is 5.79. The molecule has 20 heavy (non-hydrogen) atoms. The van der Waals surface area contributed by atoms with Gasteiger partial charge >= 0.3 is 5.69 Å². The molecule has 1 fully saturated rings. The first-order chi connectivity index (χ1) is 9.63. The van der Waals surface area contributed by atoms with E-state index in [2.05, 4.69) is 22.4 Å². The average molecular weight is 298 g/mol. The lowest BCUT2D eigenvalue weighted by molar-refractivity contribution is 0.394. The maximum absolute atomic E-state index is 11.7. The number of aromatic amines is 1. The van der Waals surface area contributed by atoms with Crippen molar-refractivity contribution in [2.24, 2.45) is 5.92 Å². The van der Waals surface area contributed by atoms with Gasteiger partial charge in [0.1, 0.15) is 0 Å². The van der Waals surface area contributed by atoms with Crippen LogP contribution >= 0.6 is 11.8 Å². The summed E-state index contributed by atoms with van der Waals surface area (Å²) in [5.41, 5.74) is -0.108. The molecule has 1 aromatic heterocycles. The summed E-state index contributed by atoms with van der Waals surface area (Å²) in [7, 11) is 0. The van der Waals surface area contributed by atoms with Crippen LogP contribution in [0.15, 0.2) is 9.95 Å². The van der Waals surface area contributed by atoms with Crippen molar-refractivity contribution in [3.8, 4) is 0 Å². The highest BCUT2D eigenvalue weighted by Crippen LogP contribution is 2.30. The summed E-state index contributed by atoms with van der Waals surface area (Å²) >= 11 is 1.69. The third-order valence-corrected chi connectivity index (χ3v) is 5.09. The van der Waals surface area contributed by atoms with Crippen LogP contribution in [0.3, 0.4) is 0 Å². The number of nitrogens with zero attached hydrogens (tertiary/aromatic N) is 2. The van der Waals surface area contributed by atoms with E-state index in [0.29, 0.717) is 6.04 Å². The number of rotatable bonds is 7. The molecule has 1 aromatic rings. The van der Waals surface area contributed by atoms with E-state index in [-0.39, 0.29) is 11.7 Å². The van der Waals surface area contributed by atoms with Gasteiger partial charge in [0.15, 0.2) is 5.16 Å². The van der Waals surface area contributed by atoms with Gasteiger partial charge in [-0.15, -0.1) is 5.10 Å². The van der Waals surface area contributed by atoms with Crippen LogP contribution in [0.1, 0.15) is 52.5 Å². The molecule has 0 aliphatic heterocycles. The summed E-state index contributed by atoms with van der Waals surface area (Å²) in [6, 6.07) is 0.674. The Morgan fingerprint density at radius 3 is 2.75 bits per heavy atom. The van der Waals surface area contributed by atoms with Gasteiger partial charge in [0.2, 0.25) is 0 Å². The van der Waals surface area contributed by atoms with Crippen LogP contribution in [-0.4, -0.2) is 33.1 Å². The molecule has 1 heterocycles. The average Bonchev–Trinajstić information content (AvgIpc) is 3.03. The van der Waals surface area contributed by atoms with E-state index in [9.17, 15) is 4.79 Å². The van der Waals surface area contributed by atoms with Gasteiger partial charge in [-0.1, -0.05) is 31.5 Å². The van der Waals surface area contributed by atoms with Crippen molar-refractivity contribution in [2.45, 2.75) is 63.7 Å². The number of H-pyrrole nitrogens is 1. The minimum Gasteiger partial charge on any atom is -0.313 e. The molecule has 2 rings (SSSR count). The van der Waals surface area contributed by atoms with Crippen LogP contribution in [0.5, 0.6) is 0 Å². The molecule has 0 saturated heterocycles. The smallest absolute Gasteiger partial charge is 0.313 e. The van der Waals surface area contributed by atoms with Crippen LogP contribution in [0.25, 0.3) is 0 Å². The summed E-state index contributed by atoms with van der Waals surface area (Å²) in [5, 5.41) is 11.1. The van der Waals surface area contributed by atoms with Crippen molar-refractivity contribution in [3.05, 3.63) is 10.5 Å². The lowest BCUT2D eigenvalue weighted by atomic mass is 10.00. The quantitative estimate of drug-likeness (QED) is 0.759. The van der Waals surface area contributed by atoms with Crippen molar-refractivity contribution < 1.29 is 0 Å². The van der Waals surface area contributed by atoms with Gasteiger partial charge in [-0.3, -0.25) is 4.57 Å². The molecule has 114 valence electrons. The van der Waals surface area contributed by atoms with Crippen molar-refractivity contribution in [3.63, 3.8) is 0 Å². The molecule has 0 radical (unpaired) electrons. The Labute approximate surface area is 124 Å². The van der Waals surface area contributed by atoms with Crippen LogP contribution < -0.4 is 11.0 Å². The zero-order chi connectivity index (χ0) is 14.5. The maximum atomic E-state index is 11.7. The first kappa shape index (κ1) is 15.6. The Kier molecular flexibility index (Phi) is 5.72. The van der Waals surface area contributed by atoms with E-state index >= 15 is 0 Å². The Bertz CT molecular complexity index is 462. The van der Waals surface area contributed by atoms with Crippen LogP contribution in [0.4, 0.5) is 0 Å². The molecular formula is C14H26N4OS. The number of hydrogen-bond donors (Lipinski definition) is 2. The maximum Gasteiger partial charge on any atom is 0.344 e. The third kappa shape index (κ3) is 3.67. The standard InChI is InChI=1S/C14H26N4OS/c1-4-15-12(11-7-5-6-8-11)9-20-14-17-16-13(19)18(14)10(2)3/h10-12,15H,4-9H2,1-3H3,(H,16,19). The molecule has 1 aliphatic rings. The Hall–Kier alpha value is -0.750. The van der Waals surface area contributed by atoms with Crippen molar-refractivity contribution in [1.82, 2.24) is 20.1 Å². The van der Waals surface area contributed by atoms with Crippen molar-refractivity contribution in [1.29, 1.82) is 0 Å². The van der Waals surface area contributed by atoms with Gasteiger partial charge in [-0.25, -0.2) is 9.89 Å². The molecule has 5 nitrogen and oxygen atoms in total. The Morgan fingerprint density at radius 1 is 1.45 bits per heavy atom. The molecule has 1 aliphatic carbocycles. The monoisotopic (exact) mass is 298 g/mol. The normalized spacial score (nSPS) is 18.0. The predicted octanol–water partition coefficient (Wildman–Crippen LogP) is 2.41. The molecule has 2 N–H and O–H groups in total. The van der Waals surface area contributed by atoms with Gasteiger partial charge in [-0.05, 0) is 39.2 Å². The van der Waals surface area contributed by atoms with Crippen molar-refractivity contribution in [2.75, 3.05) is 12.3 Å². The summed E-state index contributed by atoms with van der Waals surface area (Å²) < 4.78 is 1.74. The molecule has 0 aromatic carbocycles. The third-order valence-electron chi connectivity index (χ3n) is 4.02. The van der Waals surface area contributed by atoms with E-state index in [4.69, 9.17) is 0 Å². The number of nitrogens with one attached hydrogen (secondary N) is 2. The SMILES string of the molecule is CCNC(CSc1n[nH]c(=O)n1C(C)C)C1CCCC1. The highest BCUT2D eigenvalue weighted by atomic mass is 32.2. The zero-order valence-corrected chi connectivity index (χ0v) is 13.5. The summed E-state index contributed by atoms with van der Waals surface area (Å²) in [4.78, 5) is 11.7. The fourth-order valence-corrected chi connectivity index (χ4v) is 4.26. The van der Waals surface area contributed by atoms with E-state index in [1.807, 2.05) is 13.8 Å². The van der Waals surface area contributed by atoms with E-state index in [1.165, 1.54) is 25.7 Å². The summed E-state index contributed by atoms with van der Waals surface area (Å²) in [6.07, 6.45) is 5.37. The largest absolute Gasteiger partial charge is 0.344 e. The first-order valence-corrected chi connectivity index (χ1v) is 8.65. The van der Waals surface area contributed by atoms with E-state index < -0.39 is 0 Å². The molecular weight excluding hydrogens is 272 g/mol. The fraction of sp³-hybridized carbons (Fsp3) is 0.857. The minimum absolute atomic E-state index is 0.108. The molecule has 1 saturated carbocycles. The molecule has 6 heteroatoms. The molecule has 0 spiro atoms. The summed E-state index contributed by atoms with van der Waals surface area (Å²) in [5.74, 6) is 1.76. The first-order valence-electron chi connectivity index (χ1n) is 7.66. The minimum atomic E-state index is -0.108. The van der Waals surface area contributed by atoms with Gasteiger partial charge in [0, 0.05) is 17.8 Å². The second-order valence-corrected chi connectivity index (χ2v) is 6.78. The van der Waals surface area contributed by atoms with E-state index in [0.717, 1.165) is 23.4 Å². The van der Waals surface area contributed by atoms with Gasteiger partial charge in [0.05, 0.1) is 0 Å².